The van der Waals surface area contributed by atoms with Crippen LogP contribution in [0.15, 0.2) is 77.2 Å². The molecule has 1 amide bonds. The summed E-state index contributed by atoms with van der Waals surface area (Å²) in [5.41, 5.74) is 0.548. The lowest BCUT2D eigenvalue weighted by molar-refractivity contribution is -0.137. The van der Waals surface area contributed by atoms with Gasteiger partial charge in [-0.3, -0.25) is 9.69 Å². The molecule has 1 unspecified atom stereocenters. The Balaban J connectivity index is 1.50. The van der Waals surface area contributed by atoms with Crippen LogP contribution in [0.2, 0.25) is 5.02 Å². The summed E-state index contributed by atoms with van der Waals surface area (Å²) in [6.07, 6.45) is 2.01. The van der Waals surface area contributed by atoms with E-state index in [1.54, 1.807) is 13.0 Å². The number of alkyl halides is 3. The first-order chi connectivity index (χ1) is 23.6. The van der Waals surface area contributed by atoms with Crippen molar-refractivity contribution < 1.29 is 26.4 Å². The standard InChI is InChI=1S/C38H44ClF3N4O3S/c1-25(26-11-6-4-7-12-26)43-36(47)35-30-22-34(50(3,48)49)32(39)23-33(30)44-37(2,27-13-10-14-28(21-27)38(40,41)42)31(35)24-45-19-15-29(16-20-45)46-17-8-5-9-18-46/h4,6-7,10-14,21-23,25,29,44H,5,8-9,15-20,24H2,1-3H3,(H,43,47)/t25-,37?/m0/s1. The monoisotopic (exact) mass is 728 g/mol. The molecule has 0 radical (unpaired) electrons. The minimum Gasteiger partial charge on any atom is -0.371 e. The van der Waals surface area contributed by atoms with Crippen molar-refractivity contribution in [1.29, 1.82) is 0 Å². The molecule has 2 N–H and O–H groups in total. The Morgan fingerprint density at radius 1 is 1.00 bits per heavy atom. The quantitative estimate of drug-likeness (QED) is 0.248. The predicted octanol–water partition coefficient (Wildman–Crippen LogP) is 7.68. The number of carbonyl (C=O) groups is 1. The van der Waals surface area contributed by atoms with Gasteiger partial charge in [-0.05, 0) is 107 Å². The minimum atomic E-state index is -4.59. The lowest BCUT2D eigenvalue weighted by Gasteiger charge is -2.45. The second kappa shape index (κ2) is 14.3. The van der Waals surface area contributed by atoms with Gasteiger partial charge < -0.3 is 15.5 Å². The molecular weight excluding hydrogens is 685 g/mol. The zero-order chi connectivity index (χ0) is 35.8. The Hall–Kier alpha value is -3.38. The maximum Gasteiger partial charge on any atom is 0.416 e. The Labute approximate surface area is 297 Å². The van der Waals surface area contributed by atoms with Crippen molar-refractivity contribution in [2.24, 2.45) is 0 Å². The SMILES string of the molecule is C[C@H](NC(=O)C1=C(CN2CCC(N3CCCCC3)CC2)C(C)(c2cccc(C(F)(F)F)c2)Nc2cc(Cl)c(S(C)(=O)=O)cc21)c1ccccc1. The molecule has 0 saturated carbocycles. The molecule has 0 bridgehead atoms. The average molecular weight is 729 g/mol. The summed E-state index contributed by atoms with van der Waals surface area (Å²) in [7, 11) is -3.80. The van der Waals surface area contributed by atoms with Crippen LogP contribution in [-0.2, 0) is 26.3 Å². The third-order valence-electron chi connectivity index (χ3n) is 10.5. The molecular formula is C38H44ClF3N4O3S. The number of benzene rings is 3. The van der Waals surface area contributed by atoms with E-state index in [1.165, 1.54) is 37.5 Å². The van der Waals surface area contributed by atoms with Gasteiger partial charge in [0.25, 0.3) is 5.91 Å². The van der Waals surface area contributed by atoms with Gasteiger partial charge in [0.2, 0.25) is 0 Å². The molecule has 6 rings (SSSR count). The van der Waals surface area contributed by atoms with E-state index in [9.17, 15) is 26.4 Å². The summed E-state index contributed by atoms with van der Waals surface area (Å²) in [5.74, 6) is -0.456. The van der Waals surface area contributed by atoms with Crippen LogP contribution in [-0.4, -0.2) is 69.1 Å². The zero-order valence-electron chi connectivity index (χ0n) is 28.6. The smallest absolute Gasteiger partial charge is 0.371 e. The van der Waals surface area contributed by atoms with Crippen molar-refractivity contribution in [2.45, 2.75) is 74.6 Å². The number of sulfone groups is 1. The number of piperidine rings is 2. The van der Waals surface area contributed by atoms with Crippen molar-refractivity contribution in [3.8, 4) is 0 Å². The molecule has 3 aliphatic heterocycles. The lowest BCUT2D eigenvalue weighted by Crippen LogP contribution is -2.49. The number of hydrogen-bond donors (Lipinski definition) is 2. The van der Waals surface area contributed by atoms with Crippen molar-refractivity contribution in [3.63, 3.8) is 0 Å². The van der Waals surface area contributed by atoms with E-state index in [4.69, 9.17) is 11.6 Å². The van der Waals surface area contributed by atoms with Crippen LogP contribution in [0.3, 0.4) is 0 Å². The van der Waals surface area contributed by atoms with Gasteiger partial charge in [0.05, 0.1) is 32.6 Å². The summed E-state index contributed by atoms with van der Waals surface area (Å²) in [4.78, 5) is 19.4. The largest absolute Gasteiger partial charge is 0.416 e. The van der Waals surface area contributed by atoms with Gasteiger partial charge in [-0.15, -0.1) is 0 Å². The van der Waals surface area contributed by atoms with Gasteiger partial charge in [0.1, 0.15) is 0 Å². The fraction of sp³-hybridized carbons (Fsp3) is 0.447. The first-order valence-electron chi connectivity index (χ1n) is 17.2. The topological polar surface area (TPSA) is 81.8 Å². The maximum absolute atomic E-state index is 14.7. The second-order valence-electron chi connectivity index (χ2n) is 14.0. The molecule has 0 aliphatic carbocycles. The van der Waals surface area contributed by atoms with Gasteiger partial charge in [0.15, 0.2) is 9.84 Å². The maximum atomic E-state index is 14.7. The number of fused-ring (bicyclic) bond motifs is 1. The van der Waals surface area contributed by atoms with Crippen LogP contribution in [0, 0.1) is 0 Å². The van der Waals surface area contributed by atoms with E-state index in [0.29, 0.717) is 28.4 Å². The Morgan fingerprint density at radius 2 is 1.68 bits per heavy atom. The number of nitrogens with one attached hydrogen (secondary N) is 2. The number of amides is 1. The molecule has 12 heteroatoms. The number of carbonyl (C=O) groups excluding carboxylic acids is 1. The number of rotatable bonds is 8. The van der Waals surface area contributed by atoms with Crippen LogP contribution < -0.4 is 10.6 Å². The average Bonchev–Trinajstić information content (AvgIpc) is 3.08. The number of nitrogens with zero attached hydrogens (tertiary/aromatic N) is 2. The lowest BCUT2D eigenvalue weighted by atomic mass is 9.75. The minimum absolute atomic E-state index is 0.0502. The highest BCUT2D eigenvalue weighted by Crippen LogP contribution is 2.48. The van der Waals surface area contributed by atoms with Gasteiger partial charge in [-0.25, -0.2) is 8.42 Å². The molecule has 0 spiro atoms. The first kappa shape index (κ1) is 36.4. The molecule has 50 heavy (non-hydrogen) atoms. The first-order valence-corrected chi connectivity index (χ1v) is 19.5. The molecule has 3 heterocycles. The normalized spacial score (nSPS) is 21.7. The molecule has 2 fully saturated rings. The van der Waals surface area contributed by atoms with Gasteiger partial charge in [-0.1, -0.05) is 60.5 Å². The van der Waals surface area contributed by atoms with Crippen molar-refractivity contribution in [2.75, 3.05) is 44.3 Å². The Kier molecular flexibility index (Phi) is 10.4. The molecule has 7 nitrogen and oxygen atoms in total. The van der Waals surface area contributed by atoms with Crippen LogP contribution in [0.25, 0.3) is 5.57 Å². The van der Waals surface area contributed by atoms with Crippen molar-refractivity contribution >= 4 is 38.6 Å². The summed E-state index contributed by atoms with van der Waals surface area (Å²) in [6.45, 7) is 7.62. The molecule has 2 saturated heterocycles. The summed E-state index contributed by atoms with van der Waals surface area (Å²) in [6, 6.07) is 17.5. The van der Waals surface area contributed by atoms with Crippen LogP contribution in [0.4, 0.5) is 18.9 Å². The zero-order valence-corrected chi connectivity index (χ0v) is 30.2. The number of anilines is 1. The fourth-order valence-corrected chi connectivity index (χ4v) is 9.03. The van der Waals surface area contributed by atoms with Crippen LogP contribution in [0.5, 0.6) is 0 Å². The van der Waals surface area contributed by atoms with Crippen molar-refractivity contribution in [1.82, 2.24) is 15.1 Å². The summed E-state index contributed by atoms with van der Waals surface area (Å²) < 4.78 is 68.0. The third kappa shape index (κ3) is 7.61. The van der Waals surface area contributed by atoms with E-state index < -0.39 is 39.1 Å². The highest BCUT2D eigenvalue weighted by atomic mass is 35.5. The fourth-order valence-electron chi connectivity index (χ4n) is 7.70. The van der Waals surface area contributed by atoms with Crippen LogP contribution >= 0.6 is 11.6 Å². The number of hydrogen-bond acceptors (Lipinski definition) is 6. The van der Waals surface area contributed by atoms with Crippen LogP contribution in [0.1, 0.15) is 74.2 Å². The molecule has 3 aromatic carbocycles. The van der Waals surface area contributed by atoms with Gasteiger partial charge >= 0.3 is 6.18 Å². The van der Waals surface area contributed by atoms with E-state index in [1.807, 2.05) is 37.3 Å². The van der Waals surface area contributed by atoms with Gasteiger partial charge in [0, 0.05) is 30.1 Å². The highest BCUT2D eigenvalue weighted by molar-refractivity contribution is 7.90. The third-order valence-corrected chi connectivity index (χ3v) is 12.1. The van der Waals surface area contributed by atoms with E-state index >= 15 is 0 Å². The van der Waals surface area contributed by atoms with Gasteiger partial charge in [-0.2, -0.15) is 13.2 Å². The second-order valence-corrected chi connectivity index (χ2v) is 16.4. The van der Waals surface area contributed by atoms with E-state index in [0.717, 1.165) is 63.0 Å². The summed E-state index contributed by atoms with van der Waals surface area (Å²) in [5, 5.41) is 6.50. The molecule has 3 aromatic rings. The number of halogens is 4. The predicted molar refractivity (Wildman–Crippen MR) is 192 cm³/mol. The molecule has 0 aromatic heterocycles. The number of likely N-dealkylation sites (tertiary alicyclic amines) is 2. The van der Waals surface area contributed by atoms with E-state index in [2.05, 4.69) is 20.4 Å². The van der Waals surface area contributed by atoms with Crippen molar-refractivity contribution in [3.05, 3.63) is 99.6 Å². The molecule has 3 aliphatic rings. The van der Waals surface area contributed by atoms with E-state index in [-0.39, 0.29) is 22.0 Å². The molecule has 268 valence electrons. The molecule has 2 atom stereocenters. The Bertz CT molecular complexity index is 1870. The summed E-state index contributed by atoms with van der Waals surface area (Å²) >= 11 is 6.53. The Morgan fingerprint density at radius 3 is 2.32 bits per heavy atom. The highest BCUT2D eigenvalue weighted by Gasteiger charge is 2.43.